The van der Waals surface area contributed by atoms with Gasteiger partial charge in [0.15, 0.2) is 0 Å². The summed E-state index contributed by atoms with van der Waals surface area (Å²) in [7, 11) is 0. The lowest BCUT2D eigenvalue weighted by Crippen LogP contribution is -2.04. The van der Waals surface area contributed by atoms with E-state index in [0.717, 1.165) is 11.5 Å². The Morgan fingerprint density at radius 3 is 2.71 bits per heavy atom. The Balaban J connectivity index is 2.64. The molecule has 86 valence electrons. The van der Waals surface area contributed by atoms with Crippen molar-refractivity contribution in [2.75, 3.05) is 11.5 Å². The van der Waals surface area contributed by atoms with E-state index in [-0.39, 0.29) is 0 Å². The summed E-state index contributed by atoms with van der Waals surface area (Å²) in [5.74, 6) is -0.0927. The molecule has 0 unspecified atom stereocenters. The summed E-state index contributed by atoms with van der Waals surface area (Å²) in [5, 5.41) is 1.51. The number of nitrogen functional groups attached to an aromatic ring is 2. The summed E-state index contributed by atoms with van der Waals surface area (Å²) < 4.78 is 5.12. The molecule has 0 spiro atoms. The summed E-state index contributed by atoms with van der Waals surface area (Å²) in [4.78, 5) is 11.2. The van der Waals surface area contributed by atoms with Crippen molar-refractivity contribution in [1.29, 1.82) is 0 Å². The van der Waals surface area contributed by atoms with E-state index < -0.39 is 5.97 Å². The number of carbonyl (C=O) groups excluding carboxylic acids is 1. The van der Waals surface area contributed by atoms with Crippen LogP contribution in [0.5, 0.6) is 5.75 Å². The minimum atomic E-state index is -0.515. The number of benzene rings is 2. The largest absolute Gasteiger partial charge is 0.423 e. The van der Waals surface area contributed by atoms with Crippen molar-refractivity contribution in [3.8, 4) is 5.75 Å². The highest BCUT2D eigenvalue weighted by molar-refractivity contribution is 6.00. The second-order valence-corrected chi connectivity index (χ2v) is 3.59. The van der Waals surface area contributed by atoms with Gasteiger partial charge in [0.25, 0.3) is 0 Å². The number of carbonyl (C=O) groups is 1. The van der Waals surface area contributed by atoms with Crippen LogP contribution < -0.4 is 16.2 Å². The lowest BCUT2D eigenvalue weighted by molar-refractivity contribution is -0.128. The number of nitrogens with two attached hydrogens (primary N) is 2. The monoisotopic (exact) mass is 228 g/mol. The predicted molar refractivity (Wildman–Crippen MR) is 68.6 cm³/mol. The van der Waals surface area contributed by atoms with Gasteiger partial charge in [-0.2, -0.15) is 0 Å². The number of rotatable bonds is 2. The van der Waals surface area contributed by atoms with E-state index in [4.69, 9.17) is 16.2 Å². The summed E-state index contributed by atoms with van der Waals surface area (Å²) in [5.41, 5.74) is 12.6. The Morgan fingerprint density at radius 2 is 2.00 bits per heavy atom. The number of anilines is 2. The van der Waals surface area contributed by atoms with Gasteiger partial charge in [-0.15, -0.1) is 0 Å². The van der Waals surface area contributed by atoms with Crippen LogP contribution in [0.15, 0.2) is 43.0 Å². The van der Waals surface area contributed by atoms with E-state index in [1.807, 2.05) is 6.07 Å². The fourth-order valence-electron chi connectivity index (χ4n) is 1.65. The Labute approximate surface area is 98.5 Å². The van der Waals surface area contributed by atoms with Gasteiger partial charge in [0.1, 0.15) is 5.75 Å². The fraction of sp³-hybridized carbons (Fsp3) is 0. The van der Waals surface area contributed by atoms with E-state index in [9.17, 15) is 4.79 Å². The summed E-state index contributed by atoms with van der Waals surface area (Å²) >= 11 is 0. The maximum Gasteiger partial charge on any atom is 0.335 e. The first-order valence-electron chi connectivity index (χ1n) is 5.04. The van der Waals surface area contributed by atoms with Crippen LogP contribution in [0.3, 0.4) is 0 Å². The molecule has 2 aromatic carbocycles. The average molecular weight is 228 g/mol. The summed E-state index contributed by atoms with van der Waals surface area (Å²) in [6.07, 6.45) is 1.11. The lowest BCUT2D eigenvalue weighted by atomic mass is 10.1. The minimum Gasteiger partial charge on any atom is -0.423 e. The Bertz CT molecular complexity index is 606. The van der Waals surface area contributed by atoms with E-state index >= 15 is 0 Å². The normalized spacial score (nSPS) is 10.1. The maximum absolute atomic E-state index is 11.2. The fourth-order valence-corrected chi connectivity index (χ4v) is 1.65. The second-order valence-electron chi connectivity index (χ2n) is 3.59. The molecule has 4 heteroatoms. The van der Waals surface area contributed by atoms with Crippen LogP contribution in [0.4, 0.5) is 11.4 Å². The van der Waals surface area contributed by atoms with Gasteiger partial charge in [-0.3, -0.25) is 0 Å². The number of hydrogen-bond donors (Lipinski definition) is 2. The second kappa shape index (κ2) is 4.17. The van der Waals surface area contributed by atoms with Crippen LogP contribution in [-0.2, 0) is 4.79 Å². The van der Waals surface area contributed by atoms with E-state index in [2.05, 4.69) is 6.58 Å². The lowest BCUT2D eigenvalue weighted by Gasteiger charge is -2.08. The Morgan fingerprint density at radius 1 is 1.24 bits per heavy atom. The van der Waals surface area contributed by atoms with Gasteiger partial charge < -0.3 is 16.2 Å². The molecule has 0 radical (unpaired) electrons. The van der Waals surface area contributed by atoms with Crippen LogP contribution in [0, 0.1) is 0 Å². The molecule has 2 rings (SSSR count). The van der Waals surface area contributed by atoms with Gasteiger partial charge in [0.2, 0.25) is 0 Å². The molecule has 0 heterocycles. The topological polar surface area (TPSA) is 78.3 Å². The van der Waals surface area contributed by atoms with Gasteiger partial charge in [-0.25, -0.2) is 4.79 Å². The molecule has 0 saturated carbocycles. The van der Waals surface area contributed by atoms with E-state index in [0.29, 0.717) is 22.5 Å². The quantitative estimate of drug-likeness (QED) is 0.357. The molecule has 0 aliphatic carbocycles. The van der Waals surface area contributed by atoms with Crippen LogP contribution >= 0.6 is 0 Å². The molecule has 0 aromatic heterocycles. The number of hydrogen-bond acceptors (Lipinski definition) is 4. The molecule has 0 fully saturated rings. The van der Waals surface area contributed by atoms with Gasteiger partial charge in [-0.1, -0.05) is 18.7 Å². The van der Waals surface area contributed by atoms with Crippen molar-refractivity contribution in [1.82, 2.24) is 0 Å². The van der Waals surface area contributed by atoms with Crippen LogP contribution in [-0.4, -0.2) is 5.97 Å². The van der Waals surface area contributed by atoms with Crippen molar-refractivity contribution in [2.45, 2.75) is 0 Å². The molecule has 0 aliphatic rings. The molecule has 0 atom stereocenters. The van der Waals surface area contributed by atoms with Crippen molar-refractivity contribution in [3.05, 3.63) is 43.0 Å². The Hall–Kier alpha value is -2.49. The Kier molecular flexibility index (Phi) is 2.70. The third-order valence-corrected chi connectivity index (χ3v) is 2.39. The average Bonchev–Trinajstić information content (AvgIpc) is 2.30. The van der Waals surface area contributed by atoms with Crippen LogP contribution in [0.2, 0.25) is 0 Å². The summed E-state index contributed by atoms with van der Waals surface area (Å²) in [6, 6.07) is 8.68. The molecular weight excluding hydrogens is 216 g/mol. The van der Waals surface area contributed by atoms with Gasteiger partial charge in [-0.05, 0) is 18.2 Å². The zero-order valence-corrected chi connectivity index (χ0v) is 9.14. The van der Waals surface area contributed by atoms with Gasteiger partial charge in [0, 0.05) is 28.2 Å². The zero-order chi connectivity index (χ0) is 12.4. The molecule has 0 aliphatic heterocycles. The molecule has 4 nitrogen and oxygen atoms in total. The standard InChI is InChI=1S/C13H12N2O2/c1-2-13(16)17-12-5-3-4-9-10(12)6-8(14)7-11(9)15/h2-7H,1,14-15H2. The highest BCUT2D eigenvalue weighted by Crippen LogP contribution is 2.31. The SMILES string of the molecule is C=CC(=O)Oc1cccc2c(N)cc(N)cc12. The first kappa shape index (κ1) is 11.0. The van der Waals surface area contributed by atoms with Crippen LogP contribution in [0.25, 0.3) is 10.8 Å². The molecule has 0 amide bonds. The minimum absolute atomic E-state index is 0.423. The zero-order valence-electron chi connectivity index (χ0n) is 9.14. The first-order valence-corrected chi connectivity index (χ1v) is 5.04. The van der Waals surface area contributed by atoms with E-state index in [1.54, 1.807) is 24.3 Å². The predicted octanol–water partition coefficient (Wildman–Crippen LogP) is 2.10. The molecular formula is C13H12N2O2. The molecule has 17 heavy (non-hydrogen) atoms. The van der Waals surface area contributed by atoms with Crippen molar-refractivity contribution >= 4 is 28.1 Å². The molecule has 0 saturated heterocycles. The summed E-state index contributed by atoms with van der Waals surface area (Å²) in [6.45, 7) is 3.35. The number of fused-ring (bicyclic) bond motifs is 1. The van der Waals surface area contributed by atoms with Gasteiger partial charge in [0.05, 0.1) is 0 Å². The number of esters is 1. The molecule has 2 aromatic rings. The smallest absolute Gasteiger partial charge is 0.335 e. The molecule has 0 bridgehead atoms. The van der Waals surface area contributed by atoms with Crippen molar-refractivity contribution in [2.24, 2.45) is 0 Å². The van der Waals surface area contributed by atoms with Gasteiger partial charge >= 0.3 is 5.97 Å². The highest BCUT2D eigenvalue weighted by atomic mass is 16.5. The third kappa shape index (κ3) is 2.06. The first-order chi connectivity index (χ1) is 8.11. The maximum atomic E-state index is 11.2. The van der Waals surface area contributed by atoms with Crippen molar-refractivity contribution in [3.63, 3.8) is 0 Å². The third-order valence-electron chi connectivity index (χ3n) is 2.39. The molecule has 4 N–H and O–H groups in total. The van der Waals surface area contributed by atoms with Crippen LogP contribution in [0.1, 0.15) is 0 Å². The van der Waals surface area contributed by atoms with Crippen molar-refractivity contribution < 1.29 is 9.53 Å². The van der Waals surface area contributed by atoms with E-state index in [1.165, 1.54) is 0 Å². The highest BCUT2D eigenvalue weighted by Gasteiger charge is 2.08. The number of ether oxygens (including phenoxy) is 1.